The summed E-state index contributed by atoms with van der Waals surface area (Å²) in [5, 5.41) is 26.1. The Bertz CT molecular complexity index is 835. The Morgan fingerprint density at radius 1 is 1.14 bits per heavy atom. The van der Waals surface area contributed by atoms with Crippen LogP contribution in [0.25, 0.3) is 0 Å². The number of carbonyl (C=O) groups is 2. The molecule has 7 nitrogen and oxygen atoms in total. The van der Waals surface area contributed by atoms with E-state index in [1.54, 1.807) is 31.2 Å². The molecule has 0 fully saturated rings. The molecule has 0 aliphatic rings. The molecular formula is C21H26N2O5. The number of ether oxygens (including phenoxy) is 1. The summed E-state index contributed by atoms with van der Waals surface area (Å²) < 4.78 is 5.28. The van der Waals surface area contributed by atoms with Crippen molar-refractivity contribution in [1.29, 1.82) is 0 Å². The fourth-order valence-corrected chi connectivity index (χ4v) is 2.46. The van der Waals surface area contributed by atoms with Gasteiger partial charge in [-0.25, -0.2) is 4.79 Å². The fraction of sp³-hybridized carbons (Fsp3) is 0.333. The summed E-state index contributed by atoms with van der Waals surface area (Å²) in [5.74, 6) is -1.23. The Kier molecular flexibility index (Phi) is 7.54. The fourth-order valence-electron chi connectivity index (χ4n) is 2.46. The predicted octanol–water partition coefficient (Wildman–Crippen LogP) is 2.99. The number of aromatic hydroxyl groups is 1. The number of nitrogens with one attached hydrogen (secondary N) is 2. The third kappa shape index (κ3) is 5.80. The van der Waals surface area contributed by atoms with Gasteiger partial charge in [0, 0.05) is 19.0 Å². The third-order valence-electron chi connectivity index (χ3n) is 4.03. The average Bonchev–Trinajstić information content (AvgIpc) is 2.67. The Balaban J connectivity index is 2.14. The maximum Gasteiger partial charge on any atom is 0.345 e. The van der Waals surface area contributed by atoms with Crippen LogP contribution in [0.4, 0.5) is 5.69 Å². The second kappa shape index (κ2) is 9.87. The van der Waals surface area contributed by atoms with Crippen molar-refractivity contribution in [3.8, 4) is 11.5 Å². The van der Waals surface area contributed by atoms with Crippen LogP contribution >= 0.6 is 0 Å². The molecule has 150 valence electrons. The van der Waals surface area contributed by atoms with Crippen molar-refractivity contribution in [1.82, 2.24) is 5.32 Å². The van der Waals surface area contributed by atoms with E-state index in [1.807, 2.05) is 13.8 Å². The highest BCUT2D eigenvalue weighted by atomic mass is 16.5. The summed E-state index contributed by atoms with van der Waals surface area (Å²) in [6.07, 6.45) is -0.525. The molecule has 2 rings (SSSR count). The number of benzene rings is 2. The third-order valence-corrected chi connectivity index (χ3v) is 4.03. The summed E-state index contributed by atoms with van der Waals surface area (Å²) in [6, 6.07) is 11.1. The number of rotatable bonds is 8. The van der Waals surface area contributed by atoms with Crippen molar-refractivity contribution in [3.05, 3.63) is 53.6 Å². The molecule has 0 saturated heterocycles. The van der Waals surface area contributed by atoms with Crippen molar-refractivity contribution in [2.45, 2.75) is 39.3 Å². The molecular weight excluding hydrogens is 360 g/mol. The van der Waals surface area contributed by atoms with Gasteiger partial charge in [0.25, 0.3) is 0 Å². The molecule has 1 unspecified atom stereocenters. The van der Waals surface area contributed by atoms with E-state index >= 15 is 0 Å². The molecule has 2 aromatic carbocycles. The van der Waals surface area contributed by atoms with Gasteiger partial charge in [-0.2, -0.15) is 0 Å². The molecule has 7 heteroatoms. The Labute approximate surface area is 164 Å². The van der Waals surface area contributed by atoms with Crippen molar-refractivity contribution < 1.29 is 24.5 Å². The van der Waals surface area contributed by atoms with E-state index in [-0.39, 0.29) is 35.4 Å². The molecule has 0 bridgehead atoms. The normalized spacial score (nSPS) is 11.9. The lowest BCUT2D eigenvalue weighted by atomic mass is 10.1. The maximum absolute atomic E-state index is 12.5. The van der Waals surface area contributed by atoms with Crippen molar-refractivity contribution in [3.63, 3.8) is 0 Å². The Morgan fingerprint density at radius 3 is 2.50 bits per heavy atom. The van der Waals surface area contributed by atoms with Crippen LogP contribution in [0.2, 0.25) is 0 Å². The van der Waals surface area contributed by atoms with Crippen molar-refractivity contribution in [2.75, 3.05) is 11.9 Å². The first-order chi connectivity index (χ1) is 13.3. The molecule has 2 aromatic rings. The van der Waals surface area contributed by atoms with Crippen LogP contribution in [0.15, 0.2) is 42.5 Å². The molecule has 0 heterocycles. The summed E-state index contributed by atoms with van der Waals surface area (Å²) >= 11 is 0. The second-order valence-corrected chi connectivity index (χ2v) is 6.64. The first-order valence-corrected chi connectivity index (χ1v) is 9.17. The minimum Gasteiger partial charge on any atom is -0.504 e. The zero-order valence-corrected chi connectivity index (χ0v) is 16.2. The van der Waals surface area contributed by atoms with E-state index < -0.39 is 12.1 Å². The van der Waals surface area contributed by atoms with Crippen LogP contribution in [0.3, 0.4) is 0 Å². The number of hydrogen-bond donors (Lipinski definition) is 4. The van der Waals surface area contributed by atoms with Crippen LogP contribution in [-0.4, -0.2) is 34.7 Å². The summed E-state index contributed by atoms with van der Waals surface area (Å²) in [6.45, 7) is 5.97. The van der Waals surface area contributed by atoms with E-state index in [4.69, 9.17) is 4.74 Å². The molecule has 0 spiro atoms. The average molecular weight is 386 g/mol. The number of para-hydroxylation sites is 1. The van der Waals surface area contributed by atoms with Gasteiger partial charge in [0.1, 0.15) is 0 Å². The number of esters is 1. The van der Waals surface area contributed by atoms with Gasteiger partial charge in [0.2, 0.25) is 5.91 Å². The lowest BCUT2D eigenvalue weighted by Gasteiger charge is -2.16. The molecule has 28 heavy (non-hydrogen) atoms. The highest BCUT2D eigenvalue weighted by Crippen LogP contribution is 2.30. The van der Waals surface area contributed by atoms with Crippen molar-refractivity contribution >= 4 is 17.6 Å². The van der Waals surface area contributed by atoms with Gasteiger partial charge >= 0.3 is 5.97 Å². The standard InChI is InChI=1S/C21H26N2O5/c1-4-20(26)23-16-8-6-5-7-15(16)21(27)28-19-10-9-14(11-17(19)24)18(25)12-22-13(2)3/h5-11,13,18,22,24-25H,4,12H2,1-3H3,(H,23,26). The van der Waals surface area contributed by atoms with E-state index in [2.05, 4.69) is 10.6 Å². The van der Waals surface area contributed by atoms with E-state index in [1.165, 1.54) is 18.2 Å². The van der Waals surface area contributed by atoms with E-state index in [9.17, 15) is 19.8 Å². The van der Waals surface area contributed by atoms with Gasteiger partial charge in [0.15, 0.2) is 11.5 Å². The van der Waals surface area contributed by atoms with Gasteiger partial charge < -0.3 is 25.6 Å². The summed E-state index contributed by atoms with van der Waals surface area (Å²) in [4.78, 5) is 24.1. The highest BCUT2D eigenvalue weighted by Gasteiger charge is 2.18. The molecule has 1 atom stereocenters. The quantitative estimate of drug-likeness (QED) is 0.410. The number of aliphatic hydroxyl groups excluding tert-OH is 1. The van der Waals surface area contributed by atoms with Crippen LogP contribution in [0.1, 0.15) is 49.2 Å². The molecule has 0 aliphatic carbocycles. The Hall–Kier alpha value is -2.90. The summed E-state index contributed by atoms with van der Waals surface area (Å²) in [7, 11) is 0. The number of carbonyl (C=O) groups excluding carboxylic acids is 2. The van der Waals surface area contributed by atoms with Gasteiger partial charge in [-0.05, 0) is 29.8 Å². The van der Waals surface area contributed by atoms with Crippen molar-refractivity contribution in [2.24, 2.45) is 0 Å². The van der Waals surface area contributed by atoms with Gasteiger partial charge in [0.05, 0.1) is 17.4 Å². The first kappa shape index (κ1) is 21.4. The number of amides is 1. The minimum absolute atomic E-state index is 0.0330. The monoisotopic (exact) mass is 386 g/mol. The molecule has 0 aromatic heterocycles. The van der Waals surface area contributed by atoms with Crippen LogP contribution < -0.4 is 15.4 Å². The zero-order chi connectivity index (χ0) is 20.7. The lowest BCUT2D eigenvalue weighted by molar-refractivity contribution is -0.115. The Morgan fingerprint density at radius 2 is 1.86 bits per heavy atom. The predicted molar refractivity (Wildman–Crippen MR) is 107 cm³/mol. The lowest BCUT2D eigenvalue weighted by Crippen LogP contribution is -2.27. The summed E-state index contributed by atoms with van der Waals surface area (Å²) in [5.41, 5.74) is 1.01. The number of phenols is 1. The molecule has 0 radical (unpaired) electrons. The van der Waals surface area contributed by atoms with Gasteiger partial charge in [-0.1, -0.05) is 39.0 Å². The molecule has 1 amide bonds. The maximum atomic E-state index is 12.5. The number of anilines is 1. The van der Waals surface area contributed by atoms with Gasteiger partial charge in [-0.3, -0.25) is 4.79 Å². The molecule has 4 N–H and O–H groups in total. The SMILES string of the molecule is CCC(=O)Nc1ccccc1C(=O)Oc1ccc(C(O)CNC(C)C)cc1O. The first-order valence-electron chi connectivity index (χ1n) is 9.17. The van der Waals surface area contributed by atoms with Crippen LogP contribution in [0.5, 0.6) is 11.5 Å². The van der Waals surface area contributed by atoms with E-state index in [0.29, 0.717) is 17.8 Å². The molecule has 0 aliphatic heterocycles. The topological polar surface area (TPSA) is 108 Å². The van der Waals surface area contributed by atoms with Gasteiger partial charge in [-0.15, -0.1) is 0 Å². The smallest absolute Gasteiger partial charge is 0.345 e. The number of phenolic OH excluding ortho intramolecular Hbond substituents is 1. The van der Waals surface area contributed by atoms with E-state index in [0.717, 1.165) is 0 Å². The largest absolute Gasteiger partial charge is 0.504 e. The molecule has 0 saturated carbocycles. The number of aliphatic hydroxyl groups is 1. The number of hydrogen-bond acceptors (Lipinski definition) is 6. The second-order valence-electron chi connectivity index (χ2n) is 6.64. The van der Waals surface area contributed by atoms with Crippen LogP contribution in [-0.2, 0) is 4.79 Å². The zero-order valence-electron chi connectivity index (χ0n) is 16.2. The minimum atomic E-state index is -0.803. The van der Waals surface area contributed by atoms with Crippen LogP contribution in [0, 0.1) is 0 Å². The highest BCUT2D eigenvalue weighted by molar-refractivity contribution is 6.02.